The third-order valence-corrected chi connectivity index (χ3v) is 4.16. The fraction of sp³-hybridized carbons (Fsp3) is 0.429. The zero-order valence-electron chi connectivity index (χ0n) is 11.2. The summed E-state index contributed by atoms with van der Waals surface area (Å²) >= 11 is 6.12. The number of rotatable bonds is 4. The minimum Gasteiger partial charge on any atom is -0.380 e. The van der Waals surface area contributed by atoms with Gasteiger partial charge in [-0.25, -0.2) is 9.67 Å². The van der Waals surface area contributed by atoms with Gasteiger partial charge in [0, 0.05) is 11.1 Å². The van der Waals surface area contributed by atoms with E-state index in [0.717, 1.165) is 24.3 Å². The first-order chi connectivity index (χ1) is 9.78. The predicted octanol–water partition coefficient (Wildman–Crippen LogP) is 2.46. The quantitative estimate of drug-likeness (QED) is 0.908. The van der Waals surface area contributed by atoms with Gasteiger partial charge in [0.05, 0.1) is 11.4 Å². The molecule has 1 heterocycles. The molecule has 1 fully saturated rings. The molecule has 2 aromatic rings. The average molecular weight is 292 g/mol. The molecule has 3 N–H and O–H groups in total. The zero-order valence-corrected chi connectivity index (χ0v) is 11.9. The summed E-state index contributed by atoms with van der Waals surface area (Å²) in [4.78, 5) is 4.00. The number of aromatic nitrogens is 3. The van der Waals surface area contributed by atoms with Crippen LogP contribution >= 0.6 is 11.6 Å². The molecule has 0 amide bonds. The van der Waals surface area contributed by atoms with Crippen LogP contribution in [-0.4, -0.2) is 27.4 Å². The summed E-state index contributed by atoms with van der Waals surface area (Å²) in [5, 5.41) is 8.48. The van der Waals surface area contributed by atoms with Crippen molar-refractivity contribution in [3.05, 3.63) is 35.9 Å². The van der Waals surface area contributed by atoms with E-state index in [4.69, 9.17) is 17.3 Å². The number of nitrogens with one attached hydrogen (secondary N) is 1. The van der Waals surface area contributed by atoms with Crippen LogP contribution in [0.2, 0.25) is 5.02 Å². The molecule has 5 nitrogen and oxygen atoms in total. The molecule has 1 aliphatic rings. The molecule has 0 radical (unpaired) electrons. The van der Waals surface area contributed by atoms with Crippen LogP contribution in [0.25, 0.3) is 5.69 Å². The summed E-state index contributed by atoms with van der Waals surface area (Å²) in [6, 6.07) is 6.15. The van der Waals surface area contributed by atoms with Gasteiger partial charge in [0.15, 0.2) is 0 Å². The van der Waals surface area contributed by atoms with E-state index < -0.39 is 0 Å². The van der Waals surface area contributed by atoms with Gasteiger partial charge in [-0.05, 0) is 43.5 Å². The first-order valence-electron chi connectivity index (χ1n) is 6.89. The second kappa shape index (κ2) is 5.81. The first-order valence-corrected chi connectivity index (χ1v) is 7.27. The molecule has 2 unspecified atom stereocenters. The lowest BCUT2D eigenvalue weighted by Crippen LogP contribution is -2.29. The lowest BCUT2D eigenvalue weighted by atomic mass is 10.0. The molecule has 0 spiro atoms. The molecule has 3 rings (SSSR count). The molecule has 6 heteroatoms. The number of hydrogen-bond donors (Lipinski definition) is 2. The number of benzene rings is 1. The molecule has 0 saturated heterocycles. The standard InChI is InChI=1S/C14H18ClN5/c15-11-4-5-14(20-9-17-8-18-20)13(6-11)19-12-3-1-2-10(12)7-16/h4-6,8-10,12,19H,1-3,7,16H2. The van der Waals surface area contributed by atoms with E-state index in [9.17, 15) is 0 Å². The Hall–Kier alpha value is -1.59. The van der Waals surface area contributed by atoms with Crippen molar-refractivity contribution in [1.29, 1.82) is 0 Å². The highest BCUT2D eigenvalue weighted by atomic mass is 35.5. The number of halogens is 1. The van der Waals surface area contributed by atoms with E-state index in [0.29, 0.717) is 17.0 Å². The van der Waals surface area contributed by atoms with Crippen molar-refractivity contribution in [2.24, 2.45) is 11.7 Å². The summed E-state index contributed by atoms with van der Waals surface area (Å²) in [5.74, 6) is 0.526. The minimum atomic E-state index is 0.403. The highest BCUT2D eigenvalue weighted by molar-refractivity contribution is 6.31. The monoisotopic (exact) mass is 291 g/mol. The van der Waals surface area contributed by atoms with Gasteiger partial charge in [-0.3, -0.25) is 0 Å². The number of anilines is 1. The Morgan fingerprint density at radius 2 is 2.30 bits per heavy atom. The lowest BCUT2D eigenvalue weighted by Gasteiger charge is -2.22. The molecule has 1 aromatic heterocycles. The highest BCUT2D eigenvalue weighted by Crippen LogP contribution is 2.31. The molecule has 106 valence electrons. The largest absolute Gasteiger partial charge is 0.380 e. The fourth-order valence-electron chi connectivity index (χ4n) is 2.86. The molecule has 1 aliphatic carbocycles. The Morgan fingerprint density at radius 3 is 3.05 bits per heavy atom. The second-order valence-corrected chi connectivity index (χ2v) is 5.62. The normalized spacial score (nSPS) is 22.1. The average Bonchev–Trinajstić information content (AvgIpc) is 3.10. The van der Waals surface area contributed by atoms with Gasteiger partial charge < -0.3 is 11.1 Å². The number of hydrogen-bond acceptors (Lipinski definition) is 4. The number of nitrogens with two attached hydrogens (primary N) is 1. The summed E-state index contributed by atoms with van der Waals surface area (Å²) in [7, 11) is 0. The Balaban J connectivity index is 1.90. The van der Waals surface area contributed by atoms with Crippen molar-refractivity contribution >= 4 is 17.3 Å². The molecular formula is C14H18ClN5. The first kappa shape index (κ1) is 13.4. The van der Waals surface area contributed by atoms with Crippen LogP contribution in [-0.2, 0) is 0 Å². The Bertz CT molecular complexity index is 569. The summed E-state index contributed by atoms with van der Waals surface area (Å²) in [6.45, 7) is 0.719. The third kappa shape index (κ3) is 2.64. The fourth-order valence-corrected chi connectivity index (χ4v) is 3.04. The van der Waals surface area contributed by atoms with Gasteiger partial charge in [-0.1, -0.05) is 18.0 Å². The lowest BCUT2D eigenvalue weighted by molar-refractivity contribution is 0.516. The van der Waals surface area contributed by atoms with Crippen molar-refractivity contribution in [2.45, 2.75) is 25.3 Å². The van der Waals surface area contributed by atoms with Crippen molar-refractivity contribution in [2.75, 3.05) is 11.9 Å². The van der Waals surface area contributed by atoms with E-state index in [1.54, 1.807) is 11.0 Å². The van der Waals surface area contributed by atoms with Crippen LogP contribution in [0.5, 0.6) is 0 Å². The van der Waals surface area contributed by atoms with Crippen LogP contribution < -0.4 is 11.1 Å². The maximum absolute atomic E-state index is 6.12. The van der Waals surface area contributed by atoms with Gasteiger partial charge in [0.2, 0.25) is 0 Å². The van der Waals surface area contributed by atoms with Crippen LogP contribution in [0.1, 0.15) is 19.3 Å². The third-order valence-electron chi connectivity index (χ3n) is 3.93. The van der Waals surface area contributed by atoms with Gasteiger partial charge in [0.1, 0.15) is 12.7 Å². The van der Waals surface area contributed by atoms with E-state index in [1.807, 2.05) is 18.2 Å². The van der Waals surface area contributed by atoms with Crippen molar-refractivity contribution < 1.29 is 0 Å². The molecule has 1 saturated carbocycles. The molecule has 0 bridgehead atoms. The Labute approximate surface area is 123 Å². The summed E-state index contributed by atoms with van der Waals surface area (Å²) in [6.07, 6.45) is 6.76. The van der Waals surface area contributed by atoms with Crippen molar-refractivity contribution in [3.63, 3.8) is 0 Å². The SMILES string of the molecule is NCC1CCCC1Nc1cc(Cl)ccc1-n1cncn1. The van der Waals surface area contributed by atoms with Crippen molar-refractivity contribution in [3.8, 4) is 5.69 Å². The van der Waals surface area contributed by atoms with E-state index >= 15 is 0 Å². The number of nitrogens with zero attached hydrogens (tertiary/aromatic N) is 3. The van der Waals surface area contributed by atoms with E-state index in [-0.39, 0.29) is 0 Å². The second-order valence-electron chi connectivity index (χ2n) is 5.18. The van der Waals surface area contributed by atoms with Gasteiger partial charge in [-0.2, -0.15) is 5.10 Å². The Kier molecular flexibility index (Phi) is 3.89. The Morgan fingerprint density at radius 1 is 1.40 bits per heavy atom. The van der Waals surface area contributed by atoms with Gasteiger partial charge in [0.25, 0.3) is 0 Å². The van der Waals surface area contributed by atoms with Crippen LogP contribution in [0.15, 0.2) is 30.9 Å². The van der Waals surface area contributed by atoms with Crippen LogP contribution in [0.3, 0.4) is 0 Å². The smallest absolute Gasteiger partial charge is 0.138 e. The molecule has 1 aromatic carbocycles. The highest BCUT2D eigenvalue weighted by Gasteiger charge is 2.26. The zero-order chi connectivity index (χ0) is 13.9. The predicted molar refractivity (Wildman–Crippen MR) is 80.2 cm³/mol. The van der Waals surface area contributed by atoms with Gasteiger partial charge >= 0.3 is 0 Å². The topological polar surface area (TPSA) is 68.8 Å². The van der Waals surface area contributed by atoms with Crippen LogP contribution in [0.4, 0.5) is 5.69 Å². The van der Waals surface area contributed by atoms with E-state index in [2.05, 4.69) is 15.4 Å². The summed E-state index contributed by atoms with van der Waals surface area (Å²) < 4.78 is 1.74. The van der Waals surface area contributed by atoms with Gasteiger partial charge in [-0.15, -0.1) is 0 Å². The maximum Gasteiger partial charge on any atom is 0.138 e. The molecule has 0 aliphatic heterocycles. The van der Waals surface area contributed by atoms with E-state index in [1.165, 1.54) is 19.2 Å². The molecular weight excluding hydrogens is 274 g/mol. The summed E-state index contributed by atoms with van der Waals surface area (Å²) in [5.41, 5.74) is 7.78. The molecule has 2 atom stereocenters. The van der Waals surface area contributed by atoms with Crippen LogP contribution in [0, 0.1) is 5.92 Å². The molecule has 20 heavy (non-hydrogen) atoms. The minimum absolute atomic E-state index is 0.403. The van der Waals surface area contributed by atoms with Crippen molar-refractivity contribution in [1.82, 2.24) is 14.8 Å². The maximum atomic E-state index is 6.12.